The van der Waals surface area contributed by atoms with Crippen LogP contribution in [0.4, 0.5) is 0 Å². The van der Waals surface area contributed by atoms with Crippen LogP contribution < -0.4 is 15.4 Å². The molecule has 0 aliphatic rings. The minimum absolute atomic E-state index is 0.344. The van der Waals surface area contributed by atoms with Gasteiger partial charge in [-0.3, -0.25) is 4.99 Å². The highest BCUT2D eigenvalue weighted by atomic mass is 32.2. The van der Waals surface area contributed by atoms with E-state index in [0.717, 1.165) is 12.7 Å². The largest absolute Gasteiger partial charge is 0.355 e. The van der Waals surface area contributed by atoms with Crippen molar-refractivity contribution in [2.24, 2.45) is 10.9 Å². The quantitative estimate of drug-likeness (QED) is 0.346. The van der Waals surface area contributed by atoms with Crippen molar-refractivity contribution in [3.8, 4) is 0 Å². The highest BCUT2D eigenvalue weighted by Crippen LogP contribution is 2.05. The molecule has 0 fully saturated rings. The van der Waals surface area contributed by atoms with Gasteiger partial charge in [-0.1, -0.05) is 13.8 Å². The maximum atomic E-state index is 10.9. The molecule has 0 aromatic rings. The third-order valence-electron chi connectivity index (χ3n) is 2.57. The molecular weight excluding hydrogens is 264 g/mol. The third-order valence-corrected chi connectivity index (χ3v) is 3.29. The lowest BCUT2D eigenvalue weighted by Crippen LogP contribution is -2.44. The average Bonchev–Trinajstić information content (AvgIpc) is 2.29. The highest BCUT2D eigenvalue weighted by Gasteiger charge is 2.06. The highest BCUT2D eigenvalue weighted by molar-refractivity contribution is 7.88. The van der Waals surface area contributed by atoms with Gasteiger partial charge in [-0.05, 0) is 25.7 Å². The molecule has 0 aromatic carbocycles. The smallest absolute Gasteiger partial charge is 0.208 e. The van der Waals surface area contributed by atoms with Gasteiger partial charge in [0.25, 0.3) is 0 Å². The number of hydrogen-bond donors (Lipinski definition) is 3. The summed E-state index contributed by atoms with van der Waals surface area (Å²) < 4.78 is 24.2. The van der Waals surface area contributed by atoms with Crippen LogP contribution in [-0.4, -0.2) is 46.8 Å². The van der Waals surface area contributed by atoms with E-state index in [4.69, 9.17) is 0 Å². The zero-order valence-corrected chi connectivity index (χ0v) is 13.5. The monoisotopic (exact) mass is 292 g/mol. The molecule has 1 atom stereocenters. The molecule has 0 aliphatic heterocycles. The van der Waals surface area contributed by atoms with Gasteiger partial charge in [0, 0.05) is 26.2 Å². The molecule has 0 rings (SSSR count). The van der Waals surface area contributed by atoms with Gasteiger partial charge in [0.05, 0.1) is 6.26 Å². The van der Waals surface area contributed by atoms with Gasteiger partial charge in [-0.25, -0.2) is 13.1 Å². The molecule has 3 N–H and O–H groups in total. The Morgan fingerprint density at radius 3 is 2.26 bits per heavy atom. The second-order valence-corrected chi connectivity index (χ2v) is 7.02. The topological polar surface area (TPSA) is 82.6 Å². The Labute approximate surface area is 117 Å². The summed E-state index contributed by atoms with van der Waals surface area (Å²) in [6, 6.07) is 0.344. The van der Waals surface area contributed by atoms with Crippen LogP contribution in [0.1, 0.15) is 33.6 Å². The Morgan fingerprint density at radius 1 is 1.16 bits per heavy atom. The maximum absolute atomic E-state index is 10.9. The number of nitrogens with one attached hydrogen (secondary N) is 3. The first-order chi connectivity index (χ1) is 8.74. The summed E-state index contributed by atoms with van der Waals surface area (Å²) in [5.74, 6) is 1.39. The lowest BCUT2D eigenvalue weighted by Gasteiger charge is -2.18. The molecule has 0 amide bonds. The second kappa shape index (κ2) is 9.14. The first kappa shape index (κ1) is 18.2. The number of guanidine groups is 1. The fourth-order valence-corrected chi connectivity index (χ4v) is 1.97. The van der Waals surface area contributed by atoms with Gasteiger partial charge >= 0.3 is 0 Å². The molecule has 0 bridgehead atoms. The van der Waals surface area contributed by atoms with E-state index in [-0.39, 0.29) is 0 Å². The lowest BCUT2D eigenvalue weighted by atomic mass is 10.0. The minimum Gasteiger partial charge on any atom is -0.355 e. The second-order valence-electron chi connectivity index (χ2n) is 5.18. The fraction of sp³-hybridized carbons (Fsp3) is 0.917. The maximum Gasteiger partial charge on any atom is 0.208 e. The fourth-order valence-electron chi connectivity index (χ4n) is 1.50. The lowest BCUT2D eigenvalue weighted by molar-refractivity contribution is 0.489. The van der Waals surface area contributed by atoms with Crippen LogP contribution in [0.5, 0.6) is 0 Å². The Kier molecular flexibility index (Phi) is 8.75. The van der Waals surface area contributed by atoms with Crippen LogP contribution in [0.25, 0.3) is 0 Å². The number of nitrogens with zero attached hydrogens (tertiary/aromatic N) is 1. The van der Waals surface area contributed by atoms with Gasteiger partial charge in [-0.15, -0.1) is 0 Å². The summed E-state index contributed by atoms with van der Waals surface area (Å²) >= 11 is 0. The number of aliphatic imine (C=N–C) groups is 1. The van der Waals surface area contributed by atoms with Crippen molar-refractivity contribution in [3.63, 3.8) is 0 Å². The van der Waals surface area contributed by atoms with Crippen molar-refractivity contribution >= 4 is 16.0 Å². The third kappa shape index (κ3) is 12.0. The molecule has 19 heavy (non-hydrogen) atoms. The Balaban J connectivity index is 3.90. The molecular formula is C12H28N4O2S. The molecule has 1 unspecified atom stereocenters. The first-order valence-corrected chi connectivity index (χ1v) is 8.55. The zero-order valence-electron chi connectivity index (χ0n) is 12.7. The molecule has 0 spiro atoms. The Hall–Kier alpha value is -0.820. The molecule has 0 radical (unpaired) electrons. The molecule has 0 heterocycles. The van der Waals surface area contributed by atoms with Crippen molar-refractivity contribution in [1.82, 2.24) is 15.4 Å². The predicted octanol–water partition coefficient (Wildman–Crippen LogP) is 0.525. The van der Waals surface area contributed by atoms with E-state index in [1.54, 1.807) is 7.05 Å². The summed E-state index contributed by atoms with van der Waals surface area (Å²) in [5.41, 5.74) is 0. The van der Waals surface area contributed by atoms with Gasteiger partial charge in [0.15, 0.2) is 5.96 Å². The van der Waals surface area contributed by atoms with Crippen molar-refractivity contribution in [2.45, 2.75) is 39.7 Å². The van der Waals surface area contributed by atoms with E-state index in [1.165, 1.54) is 6.42 Å². The molecule has 0 saturated carbocycles. The van der Waals surface area contributed by atoms with E-state index in [2.05, 4.69) is 41.1 Å². The number of sulfonamides is 1. The van der Waals surface area contributed by atoms with E-state index in [9.17, 15) is 8.42 Å². The van der Waals surface area contributed by atoms with Crippen LogP contribution in [0.2, 0.25) is 0 Å². The van der Waals surface area contributed by atoms with E-state index < -0.39 is 10.0 Å². The summed E-state index contributed by atoms with van der Waals surface area (Å²) in [6.07, 6.45) is 3.40. The average molecular weight is 292 g/mol. The summed E-state index contributed by atoms with van der Waals surface area (Å²) in [5, 5.41) is 6.35. The van der Waals surface area contributed by atoms with E-state index >= 15 is 0 Å². The number of rotatable bonds is 8. The van der Waals surface area contributed by atoms with Crippen LogP contribution in [0.15, 0.2) is 4.99 Å². The van der Waals surface area contributed by atoms with Gasteiger partial charge in [0.2, 0.25) is 10.0 Å². The summed E-state index contributed by atoms with van der Waals surface area (Å²) in [4.78, 5) is 4.11. The molecule has 114 valence electrons. The van der Waals surface area contributed by atoms with Crippen LogP contribution in [0.3, 0.4) is 0 Å². The van der Waals surface area contributed by atoms with Crippen LogP contribution in [-0.2, 0) is 10.0 Å². The molecule has 0 saturated heterocycles. The van der Waals surface area contributed by atoms with E-state index in [1.807, 2.05) is 0 Å². The van der Waals surface area contributed by atoms with Crippen LogP contribution in [0, 0.1) is 5.92 Å². The predicted molar refractivity (Wildman–Crippen MR) is 80.9 cm³/mol. The molecule has 6 nitrogen and oxygen atoms in total. The summed E-state index contributed by atoms with van der Waals surface area (Å²) in [6.45, 7) is 7.38. The van der Waals surface area contributed by atoms with Crippen molar-refractivity contribution < 1.29 is 8.42 Å². The van der Waals surface area contributed by atoms with Crippen LogP contribution >= 0.6 is 0 Å². The van der Waals surface area contributed by atoms with Gasteiger partial charge < -0.3 is 10.6 Å². The Morgan fingerprint density at radius 2 is 1.79 bits per heavy atom. The van der Waals surface area contributed by atoms with Crippen molar-refractivity contribution in [1.29, 1.82) is 0 Å². The van der Waals surface area contributed by atoms with Gasteiger partial charge in [0.1, 0.15) is 0 Å². The van der Waals surface area contributed by atoms with Gasteiger partial charge in [-0.2, -0.15) is 0 Å². The number of hydrogen-bond acceptors (Lipinski definition) is 3. The molecule has 0 aromatic heterocycles. The Bertz CT molecular complexity index is 366. The van der Waals surface area contributed by atoms with E-state index in [0.29, 0.717) is 31.0 Å². The van der Waals surface area contributed by atoms with Crippen molar-refractivity contribution in [3.05, 3.63) is 0 Å². The normalized spacial score (nSPS) is 14.5. The summed E-state index contributed by atoms with van der Waals surface area (Å²) in [7, 11) is -1.42. The molecule has 7 heteroatoms. The first-order valence-electron chi connectivity index (χ1n) is 6.66. The zero-order chi connectivity index (χ0) is 14.9. The van der Waals surface area contributed by atoms with Crippen molar-refractivity contribution in [2.75, 3.05) is 26.4 Å². The minimum atomic E-state index is -3.12. The molecule has 0 aliphatic carbocycles. The SMILES string of the molecule is CN=C(NCCNS(C)(=O)=O)NC(C)CCC(C)C. The standard InChI is InChI=1S/C12H28N4O2S/c1-10(2)6-7-11(3)16-12(13-4)14-8-9-15-19(5,17)18/h10-11,15H,6-9H2,1-5H3,(H2,13,14,16).